The third kappa shape index (κ3) is 4.24. The first-order valence-corrected chi connectivity index (χ1v) is 6.92. The van der Waals surface area contributed by atoms with E-state index in [4.69, 9.17) is 0 Å². The van der Waals surface area contributed by atoms with Gasteiger partial charge in [0.1, 0.15) is 0 Å². The topological polar surface area (TPSA) is 52.6 Å². The highest BCUT2D eigenvalue weighted by Crippen LogP contribution is 2.27. The Labute approximate surface area is 115 Å². The van der Waals surface area contributed by atoms with Crippen LogP contribution in [0.4, 0.5) is 5.69 Å². The number of amides is 1. The normalized spacial score (nSPS) is 12.0. The van der Waals surface area contributed by atoms with E-state index in [0.717, 1.165) is 17.8 Å². The number of hydrogen-bond acceptors (Lipinski definition) is 3. The predicted octanol–water partition coefficient (Wildman–Crippen LogP) is 2.09. The molecule has 0 heterocycles. The summed E-state index contributed by atoms with van der Waals surface area (Å²) in [6.07, 6.45) is 0.176. The zero-order chi connectivity index (χ0) is 14.3. The minimum Gasteiger partial charge on any atom is -0.388 e. The molecule has 4 heteroatoms. The summed E-state index contributed by atoms with van der Waals surface area (Å²) >= 11 is 0. The zero-order valence-corrected chi connectivity index (χ0v) is 12.0. The fraction of sp³-hybridized carbons (Fsp3) is 0.533. The lowest BCUT2D eigenvalue weighted by Crippen LogP contribution is -2.37. The van der Waals surface area contributed by atoms with Crippen molar-refractivity contribution < 1.29 is 9.90 Å². The maximum atomic E-state index is 11.7. The van der Waals surface area contributed by atoms with E-state index >= 15 is 0 Å². The van der Waals surface area contributed by atoms with Gasteiger partial charge >= 0.3 is 0 Å². The Morgan fingerprint density at radius 3 is 2.58 bits per heavy atom. The number of para-hydroxylation sites is 1. The second-order valence-electron chi connectivity index (χ2n) is 4.45. The van der Waals surface area contributed by atoms with Crippen molar-refractivity contribution in [1.82, 2.24) is 5.32 Å². The van der Waals surface area contributed by atoms with Gasteiger partial charge in [-0.05, 0) is 26.3 Å². The van der Waals surface area contributed by atoms with E-state index < -0.39 is 6.10 Å². The summed E-state index contributed by atoms with van der Waals surface area (Å²) in [6.45, 7) is 7.54. The highest BCUT2D eigenvalue weighted by molar-refractivity contribution is 5.81. The largest absolute Gasteiger partial charge is 0.388 e. The van der Waals surface area contributed by atoms with E-state index in [1.807, 2.05) is 49.9 Å². The van der Waals surface area contributed by atoms with Crippen molar-refractivity contribution in [3.8, 4) is 0 Å². The molecule has 0 spiro atoms. The van der Waals surface area contributed by atoms with Crippen molar-refractivity contribution in [2.24, 2.45) is 0 Å². The van der Waals surface area contributed by atoms with E-state index in [9.17, 15) is 9.90 Å². The molecule has 19 heavy (non-hydrogen) atoms. The van der Waals surface area contributed by atoms with Crippen LogP contribution < -0.4 is 10.2 Å². The molecule has 4 nitrogen and oxygen atoms in total. The van der Waals surface area contributed by atoms with Crippen LogP contribution in [0.3, 0.4) is 0 Å². The Morgan fingerprint density at radius 1 is 1.32 bits per heavy atom. The Hall–Kier alpha value is -1.55. The van der Waals surface area contributed by atoms with Crippen LogP contribution in [0.2, 0.25) is 0 Å². The van der Waals surface area contributed by atoms with E-state index in [2.05, 4.69) is 5.32 Å². The van der Waals surface area contributed by atoms with Crippen LogP contribution in [0.15, 0.2) is 24.3 Å². The molecule has 0 aliphatic heterocycles. The molecular weight excluding hydrogens is 240 g/mol. The van der Waals surface area contributed by atoms with Gasteiger partial charge in [-0.1, -0.05) is 25.1 Å². The highest BCUT2D eigenvalue weighted by atomic mass is 16.3. The van der Waals surface area contributed by atoms with E-state index in [0.29, 0.717) is 19.5 Å². The van der Waals surface area contributed by atoms with Crippen LogP contribution in [-0.4, -0.2) is 30.6 Å². The fourth-order valence-corrected chi connectivity index (χ4v) is 2.07. The van der Waals surface area contributed by atoms with Gasteiger partial charge in [-0.25, -0.2) is 0 Å². The van der Waals surface area contributed by atoms with Gasteiger partial charge in [0.15, 0.2) is 0 Å². The average molecular weight is 264 g/mol. The number of likely N-dealkylation sites (N-methyl/N-ethyl adjacent to an activating group) is 2. The Kier molecular flexibility index (Phi) is 6.36. The molecule has 0 saturated carbocycles. The minimum atomic E-state index is -0.487. The first-order chi connectivity index (χ1) is 9.13. The van der Waals surface area contributed by atoms with Crippen LogP contribution in [0.5, 0.6) is 0 Å². The van der Waals surface area contributed by atoms with Crippen LogP contribution in [0.1, 0.15) is 38.9 Å². The molecule has 0 aliphatic rings. The van der Waals surface area contributed by atoms with E-state index in [1.54, 1.807) is 0 Å². The summed E-state index contributed by atoms with van der Waals surface area (Å²) in [5, 5.41) is 12.9. The van der Waals surface area contributed by atoms with Crippen LogP contribution in [-0.2, 0) is 4.79 Å². The van der Waals surface area contributed by atoms with Gasteiger partial charge in [0, 0.05) is 24.3 Å². The standard InChI is InChI=1S/C15H24N2O2/c1-4-14(18)12-9-7-8-10-13(12)17(6-3)11-15(19)16-5-2/h7-10,14,18H,4-6,11H2,1-3H3,(H,16,19)/t14-/m0/s1. The molecule has 1 atom stereocenters. The second-order valence-corrected chi connectivity index (χ2v) is 4.45. The number of carbonyl (C=O) groups excluding carboxylic acids is 1. The number of hydrogen-bond donors (Lipinski definition) is 2. The molecule has 106 valence electrons. The van der Waals surface area contributed by atoms with Crippen molar-refractivity contribution in [3.63, 3.8) is 0 Å². The van der Waals surface area contributed by atoms with Crippen LogP contribution >= 0.6 is 0 Å². The number of carbonyl (C=O) groups is 1. The molecule has 0 radical (unpaired) electrons. The van der Waals surface area contributed by atoms with Crippen LogP contribution in [0.25, 0.3) is 0 Å². The fourth-order valence-electron chi connectivity index (χ4n) is 2.07. The maximum absolute atomic E-state index is 11.7. The lowest BCUT2D eigenvalue weighted by Gasteiger charge is -2.26. The molecule has 0 aromatic heterocycles. The van der Waals surface area contributed by atoms with Crippen molar-refractivity contribution in [1.29, 1.82) is 0 Å². The van der Waals surface area contributed by atoms with E-state index in [-0.39, 0.29) is 5.91 Å². The smallest absolute Gasteiger partial charge is 0.239 e. The lowest BCUT2D eigenvalue weighted by molar-refractivity contribution is -0.119. The van der Waals surface area contributed by atoms with Gasteiger partial charge in [-0.3, -0.25) is 4.79 Å². The third-order valence-corrected chi connectivity index (χ3v) is 3.11. The Bertz CT molecular complexity index is 407. The molecule has 1 aromatic rings. The van der Waals surface area contributed by atoms with Gasteiger partial charge in [0.25, 0.3) is 0 Å². The summed E-state index contributed by atoms with van der Waals surface area (Å²) in [5.41, 5.74) is 1.82. The second kappa shape index (κ2) is 7.79. The predicted molar refractivity (Wildman–Crippen MR) is 78.3 cm³/mol. The quantitative estimate of drug-likeness (QED) is 0.793. The SMILES string of the molecule is CCNC(=O)CN(CC)c1ccccc1[C@@H](O)CC. The number of nitrogens with zero attached hydrogens (tertiary/aromatic N) is 1. The summed E-state index contributed by atoms with van der Waals surface area (Å²) < 4.78 is 0. The molecule has 1 rings (SSSR count). The summed E-state index contributed by atoms with van der Waals surface area (Å²) in [5.74, 6) is 0.00476. The Balaban J connectivity index is 2.94. The molecular formula is C15H24N2O2. The molecule has 1 amide bonds. The monoisotopic (exact) mass is 264 g/mol. The molecule has 0 unspecified atom stereocenters. The molecule has 1 aromatic carbocycles. The first kappa shape index (κ1) is 15.5. The van der Waals surface area contributed by atoms with Gasteiger partial charge in [0.2, 0.25) is 5.91 Å². The molecule has 0 bridgehead atoms. The Morgan fingerprint density at radius 2 is 2.00 bits per heavy atom. The average Bonchev–Trinajstić information content (AvgIpc) is 2.44. The molecule has 0 saturated heterocycles. The minimum absolute atomic E-state index is 0.00476. The van der Waals surface area contributed by atoms with Crippen molar-refractivity contribution in [3.05, 3.63) is 29.8 Å². The van der Waals surface area contributed by atoms with Crippen molar-refractivity contribution >= 4 is 11.6 Å². The first-order valence-electron chi connectivity index (χ1n) is 6.92. The lowest BCUT2D eigenvalue weighted by atomic mass is 10.0. The number of aliphatic hydroxyl groups excluding tert-OH is 1. The summed E-state index contributed by atoms with van der Waals surface area (Å²) in [4.78, 5) is 13.7. The third-order valence-electron chi connectivity index (χ3n) is 3.11. The van der Waals surface area contributed by atoms with Gasteiger partial charge in [0.05, 0.1) is 12.6 Å². The van der Waals surface area contributed by atoms with Gasteiger partial charge in [-0.15, -0.1) is 0 Å². The van der Waals surface area contributed by atoms with Gasteiger partial charge in [-0.2, -0.15) is 0 Å². The molecule has 0 fully saturated rings. The summed E-state index contributed by atoms with van der Waals surface area (Å²) in [6, 6.07) is 7.72. The van der Waals surface area contributed by atoms with E-state index in [1.165, 1.54) is 0 Å². The highest BCUT2D eigenvalue weighted by Gasteiger charge is 2.16. The number of rotatable bonds is 7. The number of benzene rings is 1. The molecule has 0 aliphatic carbocycles. The zero-order valence-electron chi connectivity index (χ0n) is 12.0. The maximum Gasteiger partial charge on any atom is 0.239 e. The number of aliphatic hydroxyl groups is 1. The van der Waals surface area contributed by atoms with Crippen molar-refractivity contribution in [2.45, 2.75) is 33.3 Å². The number of nitrogens with one attached hydrogen (secondary N) is 1. The van der Waals surface area contributed by atoms with Crippen molar-refractivity contribution in [2.75, 3.05) is 24.5 Å². The summed E-state index contributed by atoms with van der Waals surface area (Å²) in [7, 11) is 0. The number of anilines is 1. The van der Waals surface area contributed by atoms with Gasteiger partial charge < -0.3 is 15.3 Å². The molecule has 2 N–H and O–H groups in total. The van der Waals surface area contributed by atoms with Crippen LogP contribution in [0, 0.1) is 0 Å².